The minimum absolute atomic E-state index is 0.0304. The second-order valence-electron chi connectivity index (χ2n) is 4.04. The van der Waals surface area contributed by atoms with Gasteiger partial charge in [-0.1, -0.05) is 6.07 Å². The first kappa shape index (κ1) is 14.7. The third kappa shape index (κ3) is 3.43. The number of benzene rings is 1. The number of halogens is 2. The number of amides is 1. The van der Waals surface area contributed by atoms with Crippen molar-refractivity contribution in [3.05, 3.63) is 46.4 Å². The lowest BCUT2D eigenvalue weighted by atomic mass is 10.2. The van der Waals surface area contributed by atoms with Crippen LogP contribution in [0.1, 0.15) is 10.4 Å². The largest absolute Gasteiger partial charge is 0.383 e. The van der Waals surface area contributed by atoms with E-state index >= 15 is 0 Å². The van der Waals surface area contributed by atoms with Crippen LogP contribution in [0.25, 0.3) is 0 Å². The maximum atomic E-state index is 13.6. The molecule has 0 atom stereocenters. The molecule has 0 fully saturated rings. The van der Waals surface area contributed by atoms with Crippen molar-refractivity contribution in [3.8, 4) is 0 Å². The van der Waals surface area contributed by atoms with Crippen molar-refractivity contribution < 1.29 is 13.9 Å². The maximum Gasteiger partial charge on any atom is 0.259 e. The summed E-state index contributed by atoms with van der Waals surface area (Å²) >= 11 is 3.16. The molecule has 1 N–H and O–H groups in total. The Kier molecular flexibility index (Phi) is 4.86. The molecule has 0 saturated heterocycles. The molecule has 1 aromatic carbocycles. The highest BCUT2D eigenvalue weighted by molar-refractivity contribution is 9.10. The Bertz CT molecular complexity index is 595. The van der Waals surface area contributed by atoms with Crippen LogP contribution in [0.4, 0.5) is 10.1 Å². The van der Waals surface area contributed by atoms with Gasteiger partial charge in [0.05, 0.1) is 30.6 Å². The van der Waals surface area contributed by atoms with Crippen molar-refractivity contribution in [1.82, 2.24) is 9.78 Å². The fourth-order valence-electron chi connectivity index (χ4n) is 1.64. The van der Waals surface area contributed by atoms with E-state index < -0.39 is 11.7 Å². The van der Waals surface area contributed by atoms with E-state index in [2.05, 4.69) is 26.3 Å². The van der Waals surface area contributed by atoms with Gasteiger partial charge in [0.25, 0.3) is 5.91 Å². The summed E-state index contributed by atoms with van der Waals surface area (Å²) in [5.41, 5.74) is 0.471. The van der Waals surface area contributed by atoms with Crippen molar-refractivity contribution >= 4 is 27.5 Å². The average Bonchev–Trinajstić information content (AvgIpc) is 2.83. The lowest BCUT2D eigenvalue weighted by Crippen LogP contribution is -2.14. The SMILES string of the molecule is COCCn1cc(NC(=O)c2c(F)cccc2Br)cn1. The molecule has 0 aliphatic rings. The van der Waals surface area contributed by atoms with Crippen molar-refractivity contribution in [3.63, 3.8) is 0 Å². The van der Waals surface area contributed by atoms with E-state index in [0.29, 0.717) is 23.3 Å². The molecule has 1 heterocycles. The van der Waals surface area contributed by atoms with Gasteiger partial charge >= 0.3 is 0 Å². The number of nitrogens with zero attached hydrogens (tertiary/aromatic N) is 2. The molecule has 0 spiro atoms. The van der Waals surface area contributed by atoms with Gasteiger partial charge in [0, 0.05) is 17.8 Å². The summed E-state index contributed by atoms with van der Waals surface area (Å²) in [6, 6.07) is 4.38. The Morgan fingerprint density at radius 3 is 3.05 bits per heavy atom. The standard InChI is InChI=1S/C13H13BrFN3O2/c1-20-6-5-18-8-9(7-16-18)17-13(19)12-10(14)3-2-4-11(12)15/h2-4,7-8H,5-6H2,1H3,(H,17,19). The molecule has 0 bridgehead atoms. The molecule has 0 radical (unpaired) electrons. The summed E-state index contributed by atoms with van der Waals surface area (Å²) in [6.07, 6.45) is 3.16. The molecule has 0 unspecified atom stereocenters. The van der Waals surface area contributed by atoms with Gasteiger partial charge in [0.2, 0.25) is 0 Å². The molecule has 0 saturated carbocycles. The quantitative estimate of drug-likeness (QED) is 0.909. The maximum absolute atomic E-state index is 13.6. The minimum Gasteiger partial charge on any atom is -0.383 e. The second-order valence-corrected chi connectivity index (χ2v) is 4.89. The van der Waals surface area contributed by atoms with Crippen molar-refractivity contribution in [2.45, 2.75) is 6.54 Å². The van der Waals surface area contributed by atoms with E-state index in [0.717, 1.165) is 0 Å². The Morgan fingerprint density at radius 2 is 2.35 bits per heavy atom. The van der Waals surface area contributed by atoms with Gasteiger partial charge in [-0.05, 0) is 28.1 Å². The number of hydrogen-bond donors (Lipinski definition) is 1. The van der Waals surface area contributed by atoms with E-state index in [-0.39, 0.29) is 5.56 Å². The van der Waals surface area contributed by atoms with Crippen LogP contribution >= 0.6 is 15.9 Å². The van der Waals surface area contributed by atoms with E-state index in [1.807, 2.05) is 0 Å². The normalized spacial score (nSPS) is 10.6. The molecule has 1 amide bonds. The molecule has 2 aromatic rings. The highest BCUT2D eigenvalue weighted by Crippen LogP contribution is 2.21. The fourth-order valence-corrected chi connectivity index (χ4v) is 2.17. The number of methoxy groups -OCH3 is 1. The van der Waals surface area contributed by atoms with Gasteiger partial charge in [-0.15, -0.1) is 0 Å². The Morgan fingerprint density at radius 1 is 1.55 bits per heavy atom. The third-order valence-electron chi connectivity index (χ3n) is 2.61. The molecule has 20 heavy (non-hydrogen) atoms. The Hall–Kier alpha value is -1.73. The van der Waals surface area contributed by atoms with Gasteiger partial charge in [-0.3, -0.25) is 9.48 Å². The van der Waals surface area contributed by atoms with Gasteiger partial charge < -0.3 is 10.1 Å². The highest BCUT2D eigenvalue weighted by Gasteiger charge is 2.16. The number of nitrogens with one attached hydrogen (secondary N) is 1. The Labute approximate surface area is 123 Å². The first-order valence-electron chi connectivity index (χ1n) is 5.88. The average molecular weight is 342 g/mol. The lowest BCUT2D eigenvalue weighted by molar-refractivity contribution is 0.102. The molecule has 7 heteroatoms. The predicted octanol–water partition coefficient (Wildman–Crippen LogP) is 2.68. The van der Waals surface area contributed by atoms with E-state index in [1.165, 1.54) is 18.3 Å². The van der Waals surface area contributed by atoms with E-state index in [9.17, 15) is 9.18 Å². The zero-order valence-corrected chi connectivity index (χ0v) is 12.4. The smallest absolute Gasteiger partial charge is 0.259 e. The lowest BCUT2D eigenvalue weighted by Gasteiger charge is -2.05. The fraction of sp³-hybridized carbons (Fsp3) is 0.231. The zero-order valence-electron chi connectivity index (χ0n) is 10.8. The molecule has 5 nitrogen and oxygen atoms in total. The topological polar surface area (TPSA) is 56.1 Å². The third-order valence-corrected chi connectivity index (χ3v) is 3.27. The number of carbonyl (C=O) groups excluding carboxylic acids is 1. The summed E-state index contributed by atoms with van der Waals surface area (Å²) in [5.74, 6) is -1.11. The first-order valence-corrected chi connectivity index (χ1v) is 6.68. The van der Waals surface area contributed by atoms with Crippen LogP contribution in [0, 0.1) is 5.82 Å². The van der Waals surface area contributed by atoms with Crippen LogP contribution in [0.2, 0.25) is 0 Å². The van der Waals surface area contributed by atoms with E-state index in [1.54, 1.807) is 24.1 Å². The van der Waals surface area contributed by atoms with Gasteiger partial charge in [-0.2, -0.15) is 5.10 Å². The van der Waals surface area contributed by atoms with Crippen molar-refractivity contribution in [1.29, 1.82) is 0 Å². The second kappa shape index (κ2) is 6.62. The van der Waals surface area contributed by atoms with Crippen LogP contribution in [0.5, 0.6) is 0 Å². The number of ether oxygens (including phenoxy) is 1. The number of aromatic nitrogens is 2. The molecule has 1 aromatic heterocycles. The van der Waals surface area contributed by atoms with Crippen LogP contribution in [0.3, 0.4) is 0 Å². The highest BCUT2D eigenvalue weighted by atomic mass is 79.9. The summed E-state index contributed by atoms with van der Waals surface area (Å²) in [5, 5.41) is 6.67. The molecule has 106 valence electrons. The summed E-state index contributed by atoms with van der Waals surface area (Å²) in [6.45, 7) is 1.10. The number of carbonyl (C=O) groups is 1. The predicted molar refractivity (Wildman–Crippen MR) is 76.2 cm³/mol. The Balaban J connectivity index is 2.10. The molecule has 0 aliphatic heterocycles. The van der Waals surface area contributed by atoms with Crippen LogP contribution in [-0.2, 0) is 11.3 Å². The number of rotatable bonds is 5. The summed E-state index contributed by atoms with van der Waals surface area (Å²) < 4.78 is 20.6. The van der Waals surface area contributed by atoms with Gasteiger partial charge in [0.1, 0.15) is 5.82 Å². The van der Waals surface area contributed by atoms with Crippen molar-refractivity contribution in [2.75, 3.05) is 19.0 Å². The molecule has 0 aliphatic carbocycles. The van der Waals surface area contributed by atoms with Gasteiger partial charge in [0.15, 0.2) is 0 Å². The van der Waals surface area contributed by atoms with Crippen LogP contribution < -0.4 is 5.32 Å². The number of hydrogen-bond acceptors (Lipinski definition) is 3. The molecule has 2 rings (SSSR count). The summed E-state index contributed by atoms with van der Waals surface area (Å²) in [4.78, 5) is 12.0. The van der Waals surface area contributed by atoms with Crippen LogP contribution in [0.15, 0.2) is 35.1 Å². The minimum atomic E-state index is -0.580. The van der Waals surface area contributed by atoms with E-state index in [4.69, 9.17) is 4.74 Å². The van der Waals surface area contributed by atoms with Crippen molar-refractivity contribution in [2.24, 2.45) is 0 Å². The first-order chi connectivity index (χ1) is 9.61. The van der Waals surface area contributed by atoms with Crippen LogP contribution in [-0.4, -0.2) is 29.4 Å². The number of anilines is 1. The molecular formula is C13H13BrFN3O2. The zero-order chi connectivity index (χ0) is 14.5. The monoisotopic (exact) mass is 341 g/mol. The van der Waals surface area contributed by atoms with Gasteiger partial charge in [-0.25, -0.2) is 4.39 Å². The summed E-state index contributed by atoms with van der Waals surface area (Å²) in [7, 11) is 1.60. The molecular weight excluding hydrogens is 329 g/mol.